The van der Waals surface area contributed by atoms with Crippen molar-refractivity contribution in [2.24, 2.45) is 11.7 Å². The Labute approximate surface area is 91.3 Å². The van der Waals surface area contributed by atoms with Crippen LogP contribution in [0.15, 0.2) is 15.4 Å². The summed E-state index contributed by atoms with van der Waals surface area (Å²) >= 11 is 1.49. The maximum atomic E-state index is 5.90. The molecule has 0 aliphatic heterocycles. The fourth-order valence-corrected chi connectivity index (χ4v) is 1.62. The molecule has 0 amide bonds. The maximum Gasteiger partial charge on any atom is 0.277 e. The summed E-state index contributed by atoms with van der Waals surface area (Å²) in [7, 11) is 0. The fourth-order valence-electron chi connectivity index (χ4n) is 1.09. The number of rotatable bonds is 3. The molecule has 1 atom stereocenters. The molecule has 80 valence electrons. The van der Waals surface area contributed by atoms with Gasteiger partial charge in [0.05, 0.1) is 11.6 Å². The van der Waals surface area contributed by atoms with Crippen molar-refractivity contribution in [3.63, 3.8) is 0 Å². The molecule has 15 heavy (non-hydrogen) atoms. The molecule has 0 radical (unpaired) electrons. The van der Waals surface area contributed by atoms with Gasteiger partial charge < -0.3 is 10.3 Å². The van der Waals surface area contributed by atoms with Gasteiger partial charge in [0, 0.05) is 5.38 Å². The highest BCUT2D eigenvalue weighted by Gasteiger charge is 2.18. The molecule has 0 aromatic carbocycles. The second-order valence-corrected chi connectivity index (χ2v) is 4.32. The third-order valence-corrected chi connectivity index (χ3v) is 2.70. The van der Waals surface area contributed by atoms with Crippen LogP contribution in [0.2, 0.25) is 0 Å². The Balaban J connectivity index is 2.25. The SMILES string of the molecule is CC(C)C(N)c1noc(-c2cscn2)n1. The van der Waals surface area contributed by atoms with Gasteiger partial charge in [-0.25, -0.2) is 4.98 Å². The zero-order valence-electron chi connectivity index (χ0n) is 8.54. The van der Waals surface area contributed by atoms with Crippen molar-refractivity contribution in [2.75, 3.05) is 0 Å². The van der Waals surface area contributed by atoms with Crippen molar-refractivity contribution in [3.8, 4) is 11.6 Å². The highest BCUT2D eigenvalue weighted by Crippen LogP contribution is 2.21. The summed E-state index contributed by atoms with van der Waals surface area (Å²) in [5.74, 6) is 1.25. The summed E-state index contributed by atoms with van der Waals surface area (Å²) < 4.78 is 5.08. The minimum absolute atomic E-state index is 0.193. The van der Waals surface area contributed by atoms with Gasteiger partial charge in [-0.05, 0) is 5.92 Å². The summed E-state index contributed by atoms with van der Waals surface area (Å²) in [6.07, 6.45) is 0. The van der Waals surface area contributed by atoms with Gasteiger partial charge >= 0.3 is 0 Å². The molecular weight excluding hydrogens is 212 g/mol. The van der Waals surface area contributed by atoms with Gasteiger partial charge in [-0.3, -0.25) is 0 Å². The highest BCUT2D eigenvalue weighted by molar-refractivity contribution is 7.07. The van der Waals surface area contributed by atoms with Gasteiger partial charge in [0.15, 0.2) is 5.82 Å². The minimum atomic E-state index is -0.193. The molecular formula is C9H12N4OS. The lowest BCUT2D eigenvalue weighted by atomic mass is 10.1. The smallest absolute Gasteiger partial charge is 0.277 e. The van der Waals surface area contributed by atoms with Crippen molar-refractivity contribution >= 4 is 11.3 Å². The third kappa shape index (κ3) is 2.05. The van der Waals surface area contributed by atoms with E-state index in [2.05, 4.69) is 15.1 Å². The summed E-state index contributed by atoms with van der Waals surface area (Å²) in [6.45, 7) is 4.03. The molecule has 6 heteroatoms. The van der Waals surface area contributed by atoms with Gasteiger partial charge in [0.1, 0.15) is 5.69 Å². The van der Waals surface area contributed by atoms with Crippen molar-refractivity contribution in [1.82, 2.24) is 15.1 Å². The monoisotopic (exact) mass is 224 g/mol. The molecule has 0 aliphatic carbocycles. The summed E-state index contributed by atoms with van der Waals surface area (Å²) in [4.78, 5) is 8.30. The van der Waals surface area contributed by atoms with E-state index in [1.54, 1.807) is 5.51 Å². The van der Waals surface area contributed by atoms with Crippen molar-refractivity contribution in [2.45, 2.75) is 19.9 Å². The first-order valence-electron chi connectivity index (χ1n) is 4.66. The quantitative estimate of drug-likeness (QED) is 0.860. The van der Waals surface area contributed by atoms with E-state index >= 15 is 0 Å². The normalized spacial score (nSPS) is 13.3. The first-order chi connectivity index (χ1) is 7.18. The standard InChI is InChI=1S/C9H12N4OS/c1-5(2)7(10)8-12-9(14-13-8)6-3-15-4-11-6/h3-5,7H,10H2,1-2H3. The number of nitrogens with zero attached hydrogens (tertiary/aromatic N) is 3. The van der Waals surface area contributed by atoms with Crippen LogP contribution < -0.4 is 5.73 Å². The van der Waals surface area contributed by atoms with E-state index in [0.717, 1.165) is 0 Å². The Bertz CT molecular complexity index is 423. The van der Waals surface area contributed by atoms with Gasteiger partial charge in [0.25, 0.3) is 5.89 Å². The van der Waals surface area contributed by atoms with Crippen molar-refractivity contribution < 1.29 is 4.52 Å². The second kappa shape index (κ2) is 4.08. The molecule has 0 spiro atoms. The lowest BCUT2D eigenvalue weighted by molar-refractivity contribution is 0.399. The van der Waals surface area contributed by atoms with E-state index in [-0.39, 0.29) is 12.0 Å². The zero-order chi connectivity index (χ0) is 10.8. The van der Waals surface area contributed by atoms with Crippen LogP contribution in [-0.4, -0.2) is 15.1 Å². The third-order valence-electron chi connectivity index (χ3n) is 2.11. The second-order valence-electron chi connectivity index (χ2n) is 3.60. The summed E-state index contributed by atoms with van der Waals surface area (Å²) in [5, 5.41) is 5.71. The molecule has 2 N–H and O–H groups in total. The molecule has 2 aromatic rings. The largest absolute Gasteiger partial charge is 0.332 e. The van der Waals surface area contributed by atoms with Crippen LogP contribution >= 0.6 is 11.3 Å². The molecule has 5 nitrogen and oxygen atoms in total. The van der Waals surface area contributed by atoms with Crippen molar-refractivity contribution in [3.05, 3.63) is 16.7 Å². The Hall–Kier alpha value is -1.27. The van der Waals surface area contributed by atoms with E-state index in [0.29, 0.717) is 17.4 Å². The van der Waals surface area contributed by atoms with Crippen LogP contribution in [0.25, 0.3) is 11.6 Å². The molecule has 0 fully saturated rings. The number of thiazole rings is 1. The predicted molar refractivity (Wildman–Crippen MR) is 57.2 cm³/mol. The Morgan fingerprint density at radius 1 is 1.47 bits per heavy atom. The zero-order valence-corrected chi connectivity index (χ0v) is 9.36. The van der Waals surface area contributed by atoms with E-state index < -0.39 is 0 Å². The van der Waals surface area contributed by atoms with Crippen LogP contribution in [-0.2, 0) is 0 Å². The van der Waals surface area contributed by atoms with Crippen LogP contribution in [0, 0.1) is 5.92 Å². The molecule has 0 aliphatic rings. The molecule has 0 bridgehead atoms. The van der Waals surface area contributed by atoms with Gasteiger partial charge in [-0.2, -0.15) is 4.98 Å². The lowest BCUT2D eigenvalue weighted by Gasteiger charge is -2.09. The van der Waals surface area contributed by atoms with Gasteiger partial charge in [0.2, 0.25) is 0 Å². The average molecular weight is 224 g/mol. The number of hydrogen-bond donors (Lipinski definition) is 1. The van der Waals surface area contributed by atoms with E-state index in [1.807, 2.05) is 19.2 Å². The average Bonchev–Trinajstić information content (AvgIpc) is 2.86. The predicted octanol–water partition coefficient (Wildman–Crippen LogP) is 1.85. The molecule has 1 unspecified atom stereocenters. The van der Waals surface area contributed by atoms with E-state index in [9.17, 15) is 0 Å². The molecule has 2 heterocycles. The maximum absolute atomic E-state index is 5.90. The lowest BCUT2D eigenvalue weighted by Crippen LogP contribution is -2.18. The van der Waals surface area contributed by atoms with E-state index in [1.165, 1.54) is 11.3 Å². The molecule has 2 aromatic heterocycles. The number of nitrogens with two attached hydrogens (primary N) is 1. The number of aromatic nitrogens is 3. The highest BCUT2D eigenvalue weighted by atomic mass is 32.1. The van der Waals surface area contributed by atoms with Gasteiger partial charge in [-0.15, -0.1) is 11.3 Å². The molecule has 2 rings (SSSR count). The van der Waals surface area contributed by atoms with E-state index in [4.69, 9.17) is 10.3 Å². The van der Waals surface area contributed by atoms with Crippen LogP contribution in [0.4, 0.5) is 0 Å². The van der Waals surface area contributed by atoms with Crippen LogP contribution in [0.3, 0.4) is 0 Å². The summed E-state index contributed by atoms with van der Waals surface area (Å²) in [6, 6.07) is -0.193. The van der Waals surface area contributed by atoms with Gasteiger partial charge in [-0.1, -0.05) is 19.0 Å². The first kappa shape index (κ1) is 10.3. The van der Waals surface area contributed by atoms with Crippen molar-refractivity contribution in [1.29, 1.82) is 0 Å². The molecule has 0 saturated carbocycles. The molecule has 0 saturated heterocycles. The fraction of sp³-hybridized carbons (Fsp3) is 0.444. The Kier molecular flexibility index (Phi) is 2.79. The van der Waals surface area contributed by atoms with Crippen LogP contribution in [0.5, 0.6) is 0 Å². The minimum Gasteiger partial charge on any atom is -0.332 e. The first-order valence-corrected chi connectivity index (χ1v) is 5.60. The van der Waals surface area contributed by atoms with Crippen LogP contribution in [0.1, 0.15) is 25.7 Å². The summed E-state index contributed by atoms with van der Waals surface area (Å²) in [5.41, 5.74) is 8.33. The number of hydrogen-bond acceptors (Lipinski definition) is 6. The topological polar surface area (TPSA) is 77.8 Å². The Morgan fingerprint density at radius 2 is 2.27 bits per heavy atom. The Morgan fingerprint density at radius 3 is 2.87 bits per heavy atom.